The summed E-state index contributed by atoms with van der Waals surface area (Å²) >= 11 is 0. The van der Waals surface area contributed by atoms with E-state index in [1.54, 1.807) is 13.3 Å². The van der Waals surface area contributed by atoms with Gasteiger partial charge in [-0.05, 0) is 13.3 Å². The second kappa shape index (κ2) is 6.00. The van der Waals surface area contributed by atoms with E-state index in [-0.39, 0.29) is 0 Å². The summed E-state index contributed by atoms with van der Waals surface area (Å²) in [5.41, 5.74) is 0.933. The summed E-state index contributed by atoms with van der Waals surface area (Å²) < 4.78 is 7.20. The number of aromatic nitrogens is 4. The van der Waals surface area contributed by atoms with Crippen molar-refractivity contribution < 1.29 is 4.74 Å². The number of hydrogen-bond acceptors (Lipinski definition) is 5. The number of nitrogens with zero attached hydrogens (tertiary/aromatic N) is 4. The van der Waals surface area contributed by atoms with Crippen molar-refractivity contribution in [3.63, 3.8) is 0 Å². The first-order valence-electron chi connectivity index (χ1n) is 5.86. The normalized spacial score (nSPS) is 10.3. The summed E-state index contributed by atoms with van der Waals surface area (Å²) in [5.74, 6) is 1.44. The van der Waals surface area contributed by atoms with E-state index in [1.165, 1.54) is 6.33 Å². The standard InChI is InChI=1S/C12H17N5O/c1-10-11(15-8-16-12(10)18-2)14-4-3-6-17-7-5-13-9-17/h5,7-9H,3-4,6H2,1-2H3,(H,14,15,16). The average Bonchev–Trinajstić information content (AvgIpc) is 2.89. The SMILES string of the molecule is COc1ncnc(NCCCn2ccnc2)c1C. The molecule has 2 heterocycles. The van der Waals surface area contributed by atoms with Gasteiger partial charge in [-0.2, -0.15) is 0 Å². The van der Waals surface area contributed by atoms with Gasteiger partial charge in [0.1, 0.15) is 12.1 Å². The van der Waals surface area contributed by atoms with Crippen LogP contribution in [0.3, 0.4) is 0 Å². The second-order valence-electron chi connectivity index (χ2n) is 3.94. The molecule has 0 bridgehead atoms. The van der Waals surface area contributed by atoms with Crippen LogP contribution in [0, 0.1) is 6.92 Å². The third kappa shape index (κ3) is 2.97. The minimum absolute atomic E-state index is 0.613. The summed E-state index contributed by atoms with van der Waals surface area (Å²) in [4.78, 5) is 12.2. The lowest BCUT2D eigenvalue weighted by atomic mass is 10.3. The molecule has 2 rings (SSSR count). The minimum Gasteiger partial charge on any atom is -0.481 e. The molecule has 0 unspecified atom stereocenters. The van der Waals surface area contributed by atoms with E-state index in [0.717, 1.165) is 30.9 Å². The monoisotopic (exact) mass is 247 g/mol. The van der Waals surface area contributed by atoms with E-state index in [1.807, 2.05) is 19.4 Å². The fourth-order valence-corrected chi connectivity index (χ4v) is 1.71. The number of hydrogen-bond donors (Lipinski definition) is 1. The van der Waals surface area contributed by atoms with Gasteiger partial charge < -0.3 is 14.6 Å². The van der Waals surface area contributed by atoms with E-state index in [0.29, 0.717) is 5.88 Å². The van der Waals surface area contributed by atoms with Crippen LogP contribution in [0.5, 0.6) is 5.88 Å². The molecule has 0 aliphatic rings. The number of aryl methyl sites for hydroxylation is 1. The number of nitrogens with one attached hydrogen (secondary N) is 1. The maximum absolute atomic E-state index is 5.15. The molecule has 0 radical (unpaired) electrons. The summed E-state index contributed by atoms with van der Waals surface area (Å²) in [7, 11) is 1.61. The van der Waals surface area contributed by atoms with Gasteiger partial charge in [0.2, 0.25) is 5.88 Å². The second-order valence-corrected chi connectivity index (χ2v) is 3.94. The molecule has 96 valence electrons. The number of methoxy groups -OCH3 is 1. The van der Waals surface area contributed by atoms with Crippen LogP contribution in [0.4, 0.5) is 5.82 Å². The topological polar surface area (TPSA) is 64.9 Å². The van der Waals surface area contributed by atoms with Crippen molar-refractivity contribution in [3.05, 3.63) is 30.6 Å². The molecule has 1 N–H and O–H groups in total. The van der Waals surface area contributed by atoms with Crippen LogP contribution in [0.2, 0.25) is 0 Å². The maximum atomic E-state index is 5.15. The van der Waals surface area contributed by atoms with Gasteiger partial charge in [-0.1, -0.05) is 0 Å². The zero-order valence-corrected chi connectivity index (χ0v) is 10.6. The first-order valence-corrected chi connectivity index (χ1v) is 5.86. The van der Waals surface area contributed by atoms with Crippen molar-refractivity contribution >= 4 is 5.82 Å². The maximum Gasteiger partial charge on any atom is 0.221 e. The number of imidazole rings is 1. The van der Waals surface area contributed by atoms with Gasteiger partial charge in [0.05, 0.1) is 19.0 Å². The molecule has 0 aliphatic carbocycles. The Morgan fingerprint density at radius 2 is 2.28 bits per heavy atom. The van der Waals surface area contributed by atoms with Gasteiger partial charge >= 0.3 is 0 Å². The first kappa shape index (κ1) is 12.3. The van der Waals surface area contributed by atoms with Crippen molar-refractivity contribution in [1.29, 1.82) is 0 Å². The Hall–Kier alpha value is -2.11. The predicted molar refractivity (Wildman–Crippen MR) is 68.7 cm³/mol. The third-order valence-electron chi connectivity index (χ3n) is 2.68. The minimum atomic E-state index is 0.613. The largest absolute Gasteiger partial charge is 0.481 e. The number of rotatable bonds is 6. The van der Waals surface area contributed by atoms with Crippen molar-refractivity contribution in [3.8, 4) is 5.88 Å². The Morgan fingerprint density at radius 1 is 1.39 bits per heavy atom. The molecule has 0 saturated carbocycles. The Balaban J connectivity index is 1.83. The Bertz CT molecular complexity index is 483. The van der Waals surface area contributed by atoms with Gasteiger partial charge in [0.25, 0.3) is 0 Å². The van der Waals surface area contributed by atoms with Crippen molar-refractivity contribution in [2.75, 3.05) is 19.0 Å². The molecule has 0 atom stereocenters. The van der Waals surface area contributed by atoms with E-state index in [2.05, 4.69) is 24.8 Å². The highest BCUT2D eigenvalue weighted by Gasteiger charge is 2.05. The highest BCUT2D eigenvalue weighted by molar-refractivity contribution is 5.47. The highest BCUT2D eigenvalue weighted by Crippen LogP contribution is 2.19. The Morgan fingerprint density at radius 3 is 3.00 bits per heavy atom. The fourth-order valence-electron chi connectivity index (χ4n) is 1.71. The Labute approximate surface area is 106 Å². The molecule has 2 aromatic heterocycles. The molecule has 6 heteroatoms. The molecular formula is C12H17N5O. The van der Waals surface area contributed by atoms with Gasteiger partial charge in [-0.15, -0.1) is 0 Å². The molecule has 0 aliphatic heterocycles. The lowest BCUT2D eigenvalue weighted by Crippen LogP contribution is -2.09. The predicted octanol–water partition coefficient (Wildman–Crippen LogP) is 1.49. The quantitative estimate of drug-likeness (QED) is 0.783. The lowest BCUT2D eigenvalue weighted by molar-refractivity contribution is 0.393. The van der Waals surface area contributed by atoms with E-state index >= 15 is 0 Å². The highest BCUT2D eigenvalue weighted by atomic mass is 16.5. The summed E-state index contributed by atoms with van der Waals surface area (Å²) in [6, 6.07) is 0. The zero-order chi connectivity index (χ0) is 12.8. The van der Waals surface area contributed by atoms with Crippen molar-refractivity contribution in [1.82, 2.24) is 19.5 Å². The van der Waals surface area contributed by atoms with Crippen LogP contribution in [0.25, 0.3) is 0 Å². The average molecular weight is 247 g/mol. The number of anilines is 1. The summed E-state index contributed by atoms with van der Waals surface area (Å²) in [6.45, 7) is 3.73. The smallest absolute Gasteiger partial charge is 0.221 e. The van der Waals surface area contributed by atoms with Gasteiger partial charge in [0, 0.05) is 25.5 Å². The van der Waals surface area contributed by atoms with E-state index in [4.69, 9.17) is 4.74 Å². The van der Waals surface area contributed by atoms with Crippen LogP contribution in [0.15, 0.2) is 25.0 Å². The van der Waals surface area contributed by atoms with Crippen molar-refractivity contribution in [2.45, 2.75) is 19.9 Å². The molecule has 0 saturated heterocycles. The number of ether oxygens (including phenoxy) is 1. The molecule has 0 spiro atoms. The van der Waals surface area contributed by atoms with Gasteiger partial charge in [-0.25, -0.2) is 15.0 Å². The third-order valence-corrected chi connectivity index (χ3v) is 2.68. The fraction of sp³-hybridized carbons (Fsp3) is 0.417. The van der Waals surface area contributed by atoms with Crippen LogP contribution < -0.4 is 10.1 Å². The van der Waals surface area contributed by atoms with E-state index in [9.17, 15) is 0 Å². The van der Waals surface area contributed by atoms with Crippen LogP contribution in [-0.4, -0.2) is 33.2 Å². The lowest BCUT2D eigenvalue weighted by Gasteiger charge is -2.10. The Kier molecular flexibility index (Phi) is 4.11. The van der Waals surface area contributed by atoms with E-state index < -0.39 is 0 Å². The zero-order valence-electron chi connectivity index (χ0n) is 10.6. The molecule has 0 amide bonds. The molecular weight excluding hydrogens is 230 g/mol. The molecule has 2 aromatic rings. The van der Waals surface area contributed by atoms with Crippen molar-refractivity contribution in [2.24, 2.45) is 0 Å². The molecule has 6 nitrogen and oxygen atoms in total. The molecule has 18 heavy (non-hydrogen) atoms. The first-order chi connectivity index (χ1) is 8.81. The summed E-state index contributed by atoms with van der Waals surface area (Å²) in [5, 5.41) is 3.29. The van der Waals surface area contributed by atoms with Gasteiger partial charge in [0.15, 0.2) is 0 Å². The summed E-state index contributed by atoms with van der Waals surface area (Å²) in [6.07, 6.45) is 8.07. The molecule has 0 fully saturated rings. The van der Waals surface area contributed by atoms with Gasteiger partial charge in [-0.3, -0.25) is 0 Å². The van der Waals surface area contributed by atoms with Crippen LogP contribution in [-0.2, 0) is 6.54 Å². The van der Waals surface area contributed by atoms with Crippen LogP contribution in [0.1, 0.15) is 12.0 Å². The van der Waals surface area contributed by atoms with Crippen LogP contribution >= 0.6 is 0 Å². The molecule has 0 aromatic carbocycles.